The lowest BCUT2D eigenvalue weighted by molar-refractivity contribution is -0.120. The van der Waals surface area contributed by atoms with Crippen LogP contribution in [0, 0.1) is 5.92 Å². The summed E-state index contributed by atoms with van der Waals surface area (Å²) >= 11 is 0. The predicted octanol–water partition coefficient (Wildman–Crippen LogP) is 1.48. The molecule has 1 aliphatic rings. The average molecular weight is 377 g/mol. The molecule has 26 heavy (non-hydrogen) atoms. The number of piperidine rings is 1. The number of aromatic nitrogens is 3. The van der Waals surface area contributed by atoms with E-state index in [2.05, 4.69) is 15.6 Å². The zero-order valence-electron chi connectivity index (χ0n) is 14.9. The van der Waals surface area contributed by atoms with E-state index in [0.29, 0.717) is 25.1 Å². The minimum Gasteiger partial charge on any atom is -0.326 e. The van der Waals surface area contributed by atoms with Crippen LogP contribution in [0.25, 0.3) is 11.3 Å². The Labute approximate surface area is 153 Å². The molecule has 1 aromatic carbocycles. The Morgan fingerprint density at radius 1 is 1.38 bits per heavy atom. The van der Waals surface area contributed by atoms with Gasteiger partial charge in [-0.15, -0.1) is 5.10 Å². The zero-order valence-corrected chi connectivity index (χ0v) is 15.7. The van der Waals surface area contributed by atoms with Gasteiger partial charge in [0.2, 0.25) is 15.9 Å². The number of aryl methyl sites for hydroxylation is 1. The fourth-order valence-electron chi connectivity index (χ4n) is 3.07. The molecule has 1 fully saturated rings. The molecule has 0 spiro atoms. The average Bonchev–Trinajstić information content (AvgIpc) is 3.08. The molecule has 1 aliphatic heterocycles. The Morgan fingerprint density at radius 2 is 2.19 bits per heavy atom. The third-order valence-corrected chi connectivity index (χ3v) is 6.39. The van der Waals surface area contributed by atoms with Crippen LogP contribution in [0.2, 0.25) is 0 Å². The van der Waals surface area contributed by atoms with Crippen LogP contribution in [0.1, 0.15) is 19.8 Å². The van der Waals surface area contributed by atoms with Crippen molar-refractivity contribution in [3.63, 3.8) is 0 Å². The predicted molar refractivity (Wildman–Crippen MR) is 98.8 cm³/mol. The lowest BCUT2D eigenvalue weighted by Gasteiger charge is -2.30. The van der Waals surface area contributed by atoms with Gasteiger partial charge in [0.25, 0.3) is 0 Å². The highest BCUT2D eigenvalue weighted by Crippen LogP contribution is 2.23. The molecule has 3 rings (SSSR count). The van der Waals surface area contributed by atoms with E-state index >= 15 is 0 Å². The van der Waals surface area contributed by atoms with Crippen LogP contribution in [0.5, 0.6) is 0 Å². The fraction of sp³-hybridized carbons (Fsp3) is 0.471. The topological polar surface area (TPSA) is 97.2 Å². The van der Waals surface area contributed by atoms with E-state index in [-0.39, 0.29) is 24.1 Å². The Morgan fingerprint density at radius 3 is 2.88 bits per heavy atom. The molecule has 1 atom stereocenters. The molecule has 2 aromatic rings. The summed E-state index contributed by atoms with van der Waals surface area (Å²) in [5, 5.41) is 10.9. The van der Waals surface area contributed by atoms with Gasteiger partial charge in [-0.25, -0.2) is 12.7 Å². The van der Waals surface area contributed by atoms with Gasteiger partial charge >= 0.3 is 0 Å². The van der Waals surface area contributed by atoms with Gasteiger partial charge in [-0.3, -0.25) is 9.48 Å². The summed E-state index contributed by atoms with van der Waals surface area (Å²) < 4.78 is 27.2. The smallest absolute Gasteiger partial charge is 0.228 e. The first-order valence-corrected chi connectivity index (χ1v) is 10.3. The molecule has 1 unspecified atom stereocenters. The first-order chi connectivity index (χ1) is 12.4. The van der Waals surface area contributed by atoms with Crippen LogP contribution < -0.4 is 5.32 Å². The zero-order chi connectivity index (χ0) is 18.7. The molecule has 140 valence electrons. The van der Waals surface area contributed by atoms with Crippen LogP contribution in [0.4, 0.5) is 5.69 Å². The molecule has 1 aromatic heterocycles. The molecule has 0 bridgehead atoms. The molecule has 9 heteroatoms. The first-order valence-electron chi connectivity index (χ1n) is 8.64. The Balaban J connectivity index is 1.70. The van der Waals surface area contributed by atoms with E-state index in [0.717, 1.165) is 11.3 Å². The molecule has 2 heterocycles. The summed E-state index contributed by atoms with van der Waals surface area (Å²) in [6.45, 7) is 2.35. The van der Waals surface area contributed by atoms with Gasteiger partial charge in [-0.1, -0.05) is 17.3 Å². The van der Waals surface area contributed by atoms with Crippen LogP contribution in [0.3, 0.4) is 0 Å². The van der Waals surface area contributed by atoms with E-state index in [9.17, 15) is 13.2 Å². The molecule has 1 N–H and O–H groups in total. The van der Waals surface area contributed by atoms with Crippen molar-refractivity contribution in [2.45, 2.75) is 19.8 Å². The minimum absolute atomic E-state index is 0.0570. The van der Waals surface area contributed by atoms with Crippen molar-refractivity contribution >= 4 is 21.6 Å². The molecule has 1 amide bonds. The van der Waals surface area contributed by atoms with Crippen molar-refractivity contribution in [2.75, 3.05) is 24.2 Å². The quantitative estimate of drug-likeness (QED) is 0.851. The van der Waals surface area contributed by atoms with Crippen LogP contribution in [-0.2, 0) is 21.9 Å². The van der Waals surface area contributed by atoms with Crippen molar-refractivity contribution in [2.24, 2.45) is 13.0 Å². The van der Waals surface area contributed by atoms with Gasteiger partial charge < -0.3 is 5.32 Å². The maximum absolute atomic E-state index is 12.6. The summed E-state index contributed by atoms with van der Waals surface area (Å²) in [5.74, 6) is -0.441. The SMILES string of the molecule is CCS(=O)(=O)N1CCCC(C(=O)Nc2cccc(-c3cn(C)nn3)c2)C1. The lowest BCUT2D eigenvalue weighted by Crippen LogP contribution is -2.44. The molecule has 8 nitrogen and oxygen atoms in total. The number of hydrogen-bond donors (Lipinski definition) is 1. The van der Waals surface area contributed by atoms with Gasteiger partial charge in [-0.05, 0) is 31.9 Å². The summed E-state index contributed by atoms with van der Waals surface area (Å²) in [7, 11) is -1.47. The van der Waals surface area contributed by atoms with Gasteiger partial charge in [0, 0.05) is 31.4 Å². The standard InChI is InChI=1S/C17H23N5O3S/c1-3-26(24,25)22-9-5-7-14(11-22)17(23)18-15-8-4-6-13(10-15)16-12-21(2)20-19-16/h4,6,8,10,12,14H,3,5,7,9,11H2,1-2H3,(H,18,23). The van der Waals surface area contributed by atoms with Crippen molar-refractivity contribution < 1.29 is 13.2 Å². The van der Waals surface area contributed by atoms with E-state index < -0.39 is 10.0 Å². The lowest BCUT2D eigenvalue weighted by atomic mass is 9.98. The van der Waals surface area contributed by atoms with Crippen LogP contribution in [-0.4, -0.2) is 52.5 Å². The highest BCUT2D eigenvalue weighted by molar-refractivity contribution is 7.89. The van der Waals surface area contributed by atoms with Gasteiger partial charge in [-0.2, -0.15) is 0 Å². The van der Waals surface area contributed by atoms with Gasteiger partial charge in [0.05, 0.1) is 17.9 Å². The van der Waals surface area contributed by atoms with E-state index in [1.165, 1.54) is 4.31 Å². The van der Waals surface area contributed by atoms with Gasteiger partial charge in [0.15, 0.2) is 0 Å². The number of anilines is 1. The van der Waals surface area contributed by atoms with E-state index in [1.807, 2.05) is 18.2 Å². The molecule has 0 aliphatic carbocycles. The number of amides is 1. The molecule has 1 saturated heterocycles. The van der Waals surface area contributed by atoms with Crippen molar-refractivity contribution in [3.05, 3.63) is 30.5 Å². The normalized spacial score (nSPS) is 18.6. The number of hydrogen-bond acceptors (Lipinski definition) is 5. The number of carbonyl (C=O) groups is 1. The summed E-state index contributed by atoms with van der Waals surface area (Å²) in [5.41, 5.74) is 2.24. The minimum atomic E-state index is -3.27. The summed E-state index contributed by atoms with van der Waals surface area (Å²) in [6, 6.07) is 7.39. The highest BCUT2D eigenvalue weighted by atomic mass is 32.2. The van der Waals surface area contributed by atoms with Crippen LogP contribution >= 0.6 is 0 Å². The van der Waals surface area contributed by atoms with Crippen molar-refractivity contribution in [1.82, 2.24) is 19.3 Å². The van der Waals surface area contributed by atoms with E-state index in [4.69, 9.17) is 0 Å². The molecule has 0 radical (unpaired) electrons. The second-order valence-electron chi connectivity index (χ2n) is 6.45. The van der Waals surface area contributed by atoms with Gasteiger partial charge in [0.1, 0.15) is 5.69 Å². The molecular weight excluding hydrogens is 354 g/mol. The number of benzene rings is 1. The maximum Gasteiger partial charge on any atom is 0.228 e. The van der Waals surface area contributed by atoms with Crippen LogP contribution in [0.15, 0.2) is 30.5 Å². The number of nitrogens with zero attached hydrogens (tertiary/aromatic N) is 4. The summed E-state index contributed by atoms with van der Waals surface area (Å²) in [4.78, 5) is 12.6. The first kappa shape index (κ1) is 18.5. The van der Waals surface area contributed by atoms with Crippen molar-refractivity contribution in [1.29, 1.82) is 0 Å². The highest BCUT2D eigenvalue weighted by Gasteiger charge is 2.31. The van der Waals surface area contributed by atoms with Crippen molar-refractivity contribution in [3.8, 4) is 11.3 Å². The Kier molecular flexibility index (Phi) is 5.38. The number of carbonyl (C=O) groups excluding carboxylic acids is 1. The second kappa shape index (κ2) is 7.55. The number of sulfonamides is 1. The number of nitrogens with one attached hydrogen (secondary N) is 1. The third-order valence-electron chi connectivity index (χ3n) is 4.54. The monoisotopic (exact) mass is 377 g/mol. The third kappa shape index (κ3) is 4.10. The largest absolute Gasteiger partial charge is 0.326 e. The maximum atomic E-state index is 12.6. The molecule has 0 saturated carbocycles. The molecular formula is C17H23N5O3S. The Bertz CT molecular complexity index is 893. The summed E-state index contributed by atoms with van der Waals surface area (Å²) in [6.07, 6.45) is 3.18. The fourth-order valence-corrected chi connectivity index (χ4v) is 4.25. The second-order valence-corrected chi connectivity index (χ2v) is 8.70. The number of rotatable bonds is 5. The van der Waals surface area contributed by atoms with E-state index in [1.54, 1.807) is 30.9 Å². The Hall–Kier alpha value is -2.26.